The number of nitrogens with zero attached hydrogens (tertiary/aromatic N) is 2. The van der Waals surface area contributed by atoms with E-state index in [9.17, 15) is 9.18 Å². The van der Waals surface area contributed by atoms with Crippen molar-refractivity contribution in [1.29, 1.82) is 0 Å². The Labute approximate surface area is 147 Å². The van der Waals surface area contributed by atoms with Gasteiger partial charge in [0.2, 0.25) is 0 Å². The number of halogens is 1. The van der Waals surface area contributed by atoms with Gasteiger partial charge in [-0.2, -0.15) is 0 Å². The Kier molecular flexibility index (Phi) is 5.66. The molecular formula is C20H23FN2O2. The van der Waals surface area contributed by atoms with Crippen LogP contribution in [0.5, 0.6) is 5.75 Å². The summed E-state index contributed by atoms with van der Waals surface area (Å²) in [5.41, 5.74) is 1.78. The maximum Gasteiger partial charge on any atom is 0.164 e. The normalized spacial score (nSPS) is 15.2. The minimum Gasteiger partial charge on any atom is -0.497 e. The van der Waals surface area contributed by atoms with Crippen LogP contribution in [0.2, 0.25) is 0 Å². The summed E-state index contributed by atoms with van der Waals surface area (Å²) in [6, 6.07) is 13.9. The zero-order chi connectivity index (χ0) is 17.6. The van der Waals surface area contributed by atoms with Gasteiger partial charge in [0.25, 0.3) is 0 Å². The average Bonchev–Trinajstić information content (AvgIpc) is 2.67. The van der Waals surface area contributed by atoms with Crippen LogP contribution in [-0.2, 0) is 0 Å². The number of carbonyl (C=O) groups excluding carboxylic acids is 1. The van der Waals surface area contributed by atoms with Gasteiger partial charge in [0.15, 0.2) is 5.78 Å². The first-order valence-electron chi connectivity index (χ1n) is 8.56. The first kappa shape index (κ1) is 17.4. The number of ether oxygens (including phenoxy) is 1. The van der Waals surface area contributed by atoms with Gasteiger partial charge in [-0.05, 0) is 48.5 Å². The van der Waals surface area contributed by atoms with E-state index in [4.69, 9.17) is 4.74 Å². The van der Waals surface area contributed by atoms with Crippen LogP contribution in [0.4, 0.5) is 10.1 Å². The van der Waals surface area contributed by atoms with Crippen molar-refractivity contribution in [2.24, 2.45) is 0 Å². The SMILES string of the molecule is COc1ccc(C(=O)CCN2CCN(c3ccc(F)cc3)CC2)cc1. The zero-order valence-electron chi connectivity index (χ0n) is 14.5. The van der Waals surface area contributed by atoms with Crippen LogP contribution in [0.3, 0.4) is 0 Å². The van der Waals surface area contributed by atoms with Gasteiger partial charge < -0.3 is 9.64 Å². The Bertz CT molecular complexity index is 693. The molecule has 4 nitrogen and oxygen atoms in total. The summed E-state index contributed by atoms with van der Waals surface area (Å²) in [5, 5.41) is 0. The molecule has 1 fully saturated rings. The highest BCUT2D eigenvalue weighted by Gasteiger charge is 2.18. The number of ketones is 1. The Morgan fingerprint density at radius 2 is 1.64 bits per heavy atom. The van der Waals surface area contributed by atoms with Crippen LogP contribution < -0.4 is 9.64 Å². The van der Waals surface area contributed by atoms with Crippen molar-refractivity contribution in [2.45, 2.75) is 6.42 Å². The lowest BCUT2D eigenvalue weighted by atomic mass is 10.1. The van der Waals surface area contributed by atoms with Crippen LogP contribution in [0.15, 0.2) is 48.5 Å². The van der Waals surface area contributed by atoms with Crippen molar-refractivity contribution in [3.63, 3.8) is 0 Å². The number of anilines is 1. The first-order valence-corrected chi connectivity index (χ1v) is 8.56. The first-order chi connectivity index (χ1) is 12.2. The molecule has 1 aliphatic heterocycles. The summed E-state index contributed by atoms with van der Waals surface area (Å²) < 4.78 is 18.1. The summed E-state index contributed by atoms with van der Waals surface area (Å²) in [6.07, 6.45) is 0.517. The van der Waals surface area contributed by atoms with Crippen molar-refractivity contribution in [3.8, 4) is 5.75 Å². The van der Waals surface area contributed by atoms with Gasteiger partial charge in [-0.1, -0.05) is 0 Å². The summed E-state index contributed by atoms with van der Waals surface area (Å²) in [6.45, 7) is 4.37. The molecule has 0 amide bonds. The standard InChI is InChI=1S/C20H23FN2O2/c1-25-19-8-2-16(3-9-19)20(24)10-11-22-12-14-23(15-13-22)18-6-4-17(21)5-7-18/h2-9H,10-15H2,1H3. The molecule has 0 N–H and O–H groups in total. The van der Waals surface area contributed by atoms with Crippen LogP contribution in [0, 0.1) is 5.82 Å². The second-order valence-corrected chi connectivity index (χ2v) is 6.21. The van der Waals surface area contributed by atoms with E-state index in [0.29, 0.717) is 6.42 Å². The van der Waals surface area contributed by atoms with Gasteiger partial charge in [0.05, 0.1) is 7.11 Å². The molecule has 132 valence electrons. The summed E-state index contributed by atoms with van der Waals surface area (Å²) in [5.74, 6) is 0.705. The second-order valence-electron chi connectivity index (χ2n) is 6.21. The molecule has 1 aliphatic rings. The maximum atomic E-state index is 13.0. The molecule has 2 aromatic carbocycles. The fourth-order valence-electron chi connectivity index (χ4n) is 3.06. The predicted octanol–water partition coefficient (Wildman–Crippen LogP) is 3.23. The van der Waals surface area contributed by atoms with E-state index in [2.05, 4.69) is 9.80 Å². The zero-order valence-corrected chi connectivity index (χ0v) is 14.5. The number of Topliss-reactive ketones (excluding diaryl/α,β-unsaturated/α-hetero) is 1. The van der Waals surface area contributed by atoms with E-state index in [1.807, 2.05) is 36.4 Å². The Morgan fingerprint density at radius 3 is 2.24 bits per heavy atom. The van der Waals surface area contributed by atoms with Crippen molar-refractivity contribution >= 4 is 11.5 Å². The third-order valence-electron chi connectivity index (χ3n) is 4.63. The Hall–Kier alpha value is -2.40. The lowest BCUT2D eigenvalue weighted by Crippen LogP contribution is -2.46. The van der Waals surface area contributed by atoms with Crippen LogP contribution in [0.1, 0.15) is 16.8 Å². The van der Waals surface area contributed by atoms with Crippen LogP contribution in [-0.4, -0.2) is 50.5 Å². The van der Waals surface area contributed by atoms with E-state index in [0.717, 1.165) is 49.7 Å². The van der Waals surface area contributed by atoms with E-state index in [1.165, 1.54) is 12.1 Å². The Balaban J connectivity index is 1.45. The van der Waals surface area contributed by atoms with E-state index in [1.54, 1.807) is 7.11 Å². The summed E-state index contributed by atoms with van der Waals surface area (Å²) in [4.78, 5) is 16.8. The van der Waals surface area contributed by atoms with Crippen molar-refractivity contribution in [1.82, 2.24) is 4.90 Å². The molecule has 0 saturated carbocycles. The minimum absolute atomic E-state index is 0.156. The van der Waals surface area contributed by atoms with Gasteiger partial charge in [0, 0.05) is 50.4 Å². The molecule has 0 unspecified atom stereocenters. The molecule has 5 heteroatoms. The van der Waals surface area contributed by atoms with Crippen molar-refractivity contribution in [2.75, 3.05) is 44.7 Å². The van der Waals surface area contributed by atoms with Gasteiger partial charge in [-0.3, -0.25) is 9.69 Å². The van der Waals surface area contributed by atoms with Gasteiger partial charge in [0.1, 0.15) is 11.6 Å². The van der Waals surface area contributed by atoms with E-state index >= 15 is 0 Å². The highest BCUT2D eigenvalue weighted by molar-refractivity contribution is 5.96. The Morgan fingerprint density at radius 1 is 1.00 bits per heavy atom. The molecule has 0 spiro atoms. The molecule has 0 aliphatic carbocycles. The molecule has 1 saturated heterocycles. The highest BCUT2D eigenvalue weighted by atomic mass is 19.1. The van der Waals surface area contributed by atoms with Crippen LogP contribution >= 0.6 is 0 Å². The molecule has 0 aromatic heterocycles. The van der Waals surface area contributed by atoms with Gasteiger partial charge >= 0.3 is 0 Å². The number of rotatable bonds is 6. The number of carbonyl (C=O) groups is 1. The molecule has 2 aromatic rings. The lowest BCUT2D eigenvalue weighted by Gasteiger charge is -2.36. The molecule has 0 radical (unpaired) electrons. The maximum absolute atomic E-state index is 13.0. The monoisotopic (exact) mass is 342 g/mol. The third-order valence-corrected chi connectivity index (χ3v) is 4.63. The van der Waals surface area contributed by atoms with E-state index in [-0.39, 0.29) is 11.6 Å². The highest BCUT2D eigenvalue weighted by Crippen LogP contribution is 2.17. The van der Waals surface area contributed by atoms with Gasteiger partial charge in [-0.25, -0.2) is 4.39 Å². The molecule has 1 heterocycles. The minimum atomic E-state index is -0.209. The van der Waals surface area contributed by atoms with Crippen molar-refractivity contribution < 1.29 is 13.9 Å². The van der Waals surface area contributed by atoms with E-state index < -0.39 is 0 Å². The molecule has 0 atom stereocenters. The number of methoxy groups -OCH3 is 1. The van der Waals surface area contributed by atoms with Gasteiger partial charge in [-0.15, -0.1) is 0 Å². The number of benzene rings is 2. The molecule has 3 rings (SSSR count). The topological polar surface area (TPSA) is 32.8 Å². The fraction of sp³-hybridized carbons (Fsp3) is 0.350. The molecule has 25 heavy (non-hydrogen) atoms. The predicted molar refractivity (Wildman–Crippen MR) is 97.0 cm³/mol. The largest absolute Gasteiger partial charge is 0.497 e. The fourth-order valence-corrected chi connectivity index (χ4v) is 3.06. The number of hydrogen-bond acceptors (Lipinski definition) is 4. The number of piperazine rings is 1. The lowest BCUT2D eigenvalue weighted by molar-refractivity contribution is 0.0962. The number of hydrogen-bond donors (Lipinski definition) is 0. The third kappa shape index (κ3) is 4.57. The molecular weight excluding hydrogens is 319 g/mol. The van der Waals surface area contributed by atoms with Crippen molar-refractivity contribution in [3.05, 3.63) is 59.9 Å². The molecule has 0 bridgehead atoms. The summed E-state index contributed by atoms with van der Waals surface area (Å²) in [7, 11) is 1.61. The quantitative estimate of drug-likeness (QED) is 0.755. The second kappa shape index (κ2) is 8.12. The average molecular weight is 342 g/mol. The summed E-state index contributed by atoms with van der Waals surface area (Å²) >= 11 is 0. The smallest absolute Gasteiger partial charge is 0.164 e. The van der Waals surface area contributed by atoms with Crippen LogP contribution in [0.25, 0.3) is 0 Å².